The van der Waals surface area contributed by atoms with Crippen molar-refractivity contribution in [2.24, 2.45) is 0 Å². The smallest absolute Gasteiger partial charge is 0.208 e. The van der Waals surface area contributed by atoms with Crippen LogP contribution < -0.4 is 4.90 Å². The van der Waals surface area contributed by atoms with Gasteiger partial charge in [-0.3, -0.25) is 4.90 Å². The average molecular weight is 367 g/mol. The molecule has 8 heteroatoms. The molecule has 8 nitrogen and oxygen atoms in total. The van der Waals surface area contributed by atoms with Gasteiger partial charge in [0.25, 0.3) is 0 Å². The van der Waals surface area contributed by atoms with Crippen LogP contribution in [0.5, 0.6) is 0 Å². The third-order valence-electron chi connectivity index (χ3n) is 5.68. The molecule has 0 saturated carbocycles. The van der Waals surface area contributed by atoms with Gasteiger partial charge in [0.15, 0.2) is 11.5 Å². The van der Waals surface area contributed by atoms with Crippen molar-refractivity contribution in [1.29, 1.82) is 0 Å². The number of fused-ring (bicyclic) bond motifs is 1. The molecule has 5 rings (SSSR count). The Kier molecular flexibility index (Phi) is 4.27. The summed E-state index contributed by atoms with van der Waals surface area (Å²) >= 11 is 0. The van der Waals surface area contributed by atoms with Crippen molar-refractivity contribution >= 4 is 11.5 Å². The van der Waals surface area contributed by atoms with Gasteiger partial charge < -0.3 is 9.32 Å². The normalized spacial score (nSPS) is 19.4. The van der Waals surface area contributed by atoms with E-state index in [1.54, 1.807) is 6.20 Å². The molecule has 2 aliphatic heterocycles. The molecule has 5 heterocycles. The molecule has 0 spiro atoms. The SMILES string of the molecule is Cc1cnc(CN2CCC(c3nnc4ccc(N5CCCC5)nn34)CC2)o1. The minimum Gasteiger partial charge on any atom is -0.445 e. The Morgan fingerprint density at radius 1 is 1.07 bits per heavy atom. The van der Waals surface area contributed by atoms with Crippen LogP contribution in [0, 0.1) is 6.92 Å². The van der Waals surface area contributed by atoms with Crippen molar-refractivity contribution in [2.75, 3.05) is 31.1 Å². The van der Waals surface area contributed by atoms with Gasteiger partial charge in [-0.25, -0.2) is 4.98 Å². The molecule has 0 N–H and O–H groups in total. The lowest BCUT2D eigenvalue weighted by atomic mass is 9.96. The third kappa shape index (κ3) is 3.29. The standard InChI is InChI=1S/C19H25N7O/c1-14-12-20-18(27-14)13-24-10-6-15(7-11-24)19-22-21-16-4-5-17(23-26(16)19)25-8-2-3-9-25/h4-5,12,15H,2-3,6-11,13H2,1H3. The van der Waals surface area contributed by atoms with Gasteiger partial charge >= 0.3 is 0 Å². The zero-order valence-corrected chi connectivity index (χ0v) is 15.7. The second-order valence-corrected chi connectivity index (χ2v) is 7.63. The molecule has 0 aromatic carbocycles. The van der Waals surface area contributed by atoms with E-state index < -0.39 is 0 Å². The highest BCUT2D eigenvalue weighted by molar-refractivity contribution is 5.46. The predicted molar refractivity (Wildman–Crippen MR) is 101 cm³/mol. The summed E-state index contributed by atoms with van der Waals surface area (Å²) in [5.41, 5.74) is 0.839. The molecule has 3 aromatic heterocycles. The first kappa shape index (κ1) is 16.7. The first-order valence-corrected chi connectivity index (χ1v) is 9.87. The molecular formula is C19H25N7O. The summed E-state index contributed by atoms with van der Waals surface area (Å²) in [5.74, 6) is 4.10. The fourth-order valence-electron chi connectivity index (χ4n) is 4.18. The van der Waals surface area contributed by atoms with Crippen LogP contribution in [-0.4, -0.2) is 55.9 Å². The highest BCUT2D eigenvalue weighted by Crippen LogP contribution is 2.28. The summed E-state index contributed by atoms with van der Waals surface area (Å²) < 4.78 is 7.57. The molecule has 2 saturated heterocycles. The maximum atomic E-state index is 5.61. The molecule has 2 fully saturated rings. The van der Waals surface area contributed by atoms with Crippen molar-refractivity contribution in [3.05, 3.63) is 35.8 Å². The molecule has 0 atom stereocenters. The number of piperidine rings is 1. The molecule has 2 aliphatic rings. The Labute approximate surface area is 158 Å². The lowest BCUT2D eigenvalue weighted by molar-refractivity contribution is 0.183. The van der Waals surface area contributed by atoms with Crippen LogP contribution in [0.4, 0.5) is 5.82 Å². The van der Waals surface area contributed by atoms with Gasteiger partial charge in [-0.2, -0.15) is 4.52 Å². The Morgan fingerprint density at radius 3 is 2.63 bits per heavy atom. The Bertz CT molecular complexity index is 919. The van der Waals surface area contributed by atoms with Crippen LogP contribution in [-0.2, 0) is 6.54 Å². The highest BCUT2D eigenvalue weighted by Gasteiger charge is 2.26. The molecule has 0 radical (unpaired) electrons. The molecule has 27 heavy (non-hydrogen) atoms. The Balaban J connectivity index is 1.30. The van der Waals surface area contributed by atoms with Gasteiger partial charge in [0.05, 0.1) is 12.7 Å². The number of hydrogen-bond donors (Lipinski definition) is 0. The van der Waals surface area contributed by atoms with Gasteiger partial charge in [-0.05, 0) is 57.8 Å². The summed E-state index contributed by atoms with van der Waals surface area (Å²) in [6.07, 6.45) is 6.38. The lowest BCUT2D eigenvalue weighted by Gasteiger charge is -2.30. The molecule has 3 aromatic rings. The van der Waals surface area contributed by atoms with Crippen molar-refractivity contribution < 1.29 is 4.42 Å². The number of aryl methyl sites for hydroxylation is 1. The van der Waals surface area contributed by atoms with Crippen LogP contribution in [0.1, 0.15) is 49.1 Å². The molecule has 0 bridgehead atoms. The number of anilines is 1. The summed E-state index contributed by atoms with van der Waals surface area (Å²) in [7, 11) is 0. The minimum absolute atomic E-state index is 0.392. The zero-order chi connectivity index (χ0) is 18.2. The summed E-state index contributed by atoms with van der Waals surface area (Å²) in [4.78, 5) is 9.07. The van der Waals surface area contributed by atoms with E-state index in [9.17, 15) is 0 Å². The molecule has 0 unspecified atom stereocenters. The van der Waals surface area contributed by atoms with Crippen LogP contribution in [0.3, 0.4) is 0 Å². The Morgan fingerprint density at radius 2 is 1.89 bits per heavy atom. The minimum atomic E-state index is 0.392. The summed E-state index contributed by atoms with van der Waals surface area (Å²) in [6, 6.07) is 4.11. The first-order chi connectivity index (χ1) is 13.3. The number of likely N-dealkylation sites (tertiary alicyclic amines) is 1. The summed E-state index contributed by atoms with van der Waals surface area (Å²) in [6.45, 7) is 6.91. The predicted octanol–water partition coefficient (Wildman–Crippen LogP) is 2.40. The average Bonchev–Trinajstić information content (AvgIpc) is 3.43. The van der Waals surface area contributed by atoms with Gasteiger partial charge in [0.2, 0.25) is 5.89 Å². The van der Waals surface area contributed by atoms with E-state index in [4.69, 9.17) is 9.52 Å². The number of nitrogens with zero attached hydrogens (tertiary/aromatic N) is 7. The van der Waals surface area contributed by atoms with E-state index in [-0.39, 0.29) is 0 Å². The number of aromatic nitrogens is 5. The maximum Gasteiger partial charge on any atom is 0.208 e. The van der Waals surface area contributed by atoms with Crippen LogP contribution in [0.25, 0.3) is 5.65 Å². The monoisotopic (exact) mass is 367 g/mol. The third-order valence-corrected chi connectivity index (χ3v) is 5.68. The number of oxazole rings is 1. The highest BCUT2D eigenvalue weighted by atomic mass is 16.4. The zero-order valence-electron chi connectivity index (χ0n) is 15.7. The van der Waals surface area contributed by atoms with Crippen LogP contribution in [0.2, 0.25) is 0 Å². The van der Waals surface area contributed by atoms with E-state index >= 15 is 0 Å². The topological polar surface area (TPSA) is 75.6 Å². The quantitative estimate of drug-likeness (QED) is 0.701. The van der Waals surface area contributed by atoms with Gasteiger partial charge in [0.1, 0.15) is 11.6 Å². The van der Waals surface area contributed by atoms with E-state index in [0.29, 0.717) is 5.92 Å². The van der Waals surface area contributed by atoms with E-state index in [1.807, 2.05) is 17.5 Å². The molecule has 142 valence electrons. The largest absolute Gasteiger partial charge is 0.445 e. The van der Waals surface area contributed by atoms with Crippen LogP contribution in [0.15, 0.2) is 22.7 Å². The fraction of sp³-hybridized carbons (Fsp3) is 0.579. The lowest BCUT2D eigenvalue weighted by Crippen LogP contribution is -2.33. The molecular weight excluding hydrogens is 342 g/mol. The second-order valence-electron chi connectivity index (χ2n) is 7.63. The number of rotatable bonds is 4. The molecule has 0 aliphatic carbocycles. The van der Waals surface area contributed by atoms with Crippen molar-refractivity contribution in [1.82, 2.24) is 29.7 Å². The number of hydrogen-bond acceptors (Lipinski definition) is 7. The van der Waals surface area contributed by atoms with Crippen molar-refractivity contribution in [2.45, 2.75) is 45.1 Å². The first-order valence-electron chi connectivity index (χ1n) is 9.87. The Hall–Kier alpha value is -2.48. The fourth-order valence-corrected chi connectivity index (χ4v) is 4.18. The molecule has 0 amide bonds. The van der Waals surface area contributed by atoms with Crippen LogP contribution >= 0.6 is 0 Å². The van der Waals surface area contributed by atoms with Gasteiger partial charge in [-0.15, -0.1) is 15.3 Å². The van der Waals surface area contributed by atoms with Crippen molar-refractivity contribution in [3.8, 4) is 0 Å². The maximum absolute atomic E-state index is 5.61. The van der Waals surface area contributed by atoms with E-state index in [0.717, 1.165) is 74.5 Å². The van der Waals surface area contributed by atoms with Gasteiger partial charge in [0, 0.05) is 19.0 Å². The summed E-state index contributed by atoms with van der Waals surface area (Å²) in [5, 5.41) is 13.7. The van der Waals surface area contributed by atoms with Gasteiger partial charge in [-0.1, -0.05) is 0 Å². The second kappa shape index (κ2) is 6.92. The van der Waals surface area contributed by atoms with E-state index in [2.05, 4.69) is 31.0 Å². The van der Waals surface area contributed by atoms with E-state index in [1.165, 1.54) is 12.8 Å². The van der Waals surface area contributed by atoms with Crippen molar-refractivity contribution in [3.63, 3.8) is 0 Å².